The second-order valence-electron chi connectivity index (χ2n) is 5.22. The monoisotopic (exact) mass is 330 g/mol. The average Bonchev–Trinajstić information content (AvgIpc) is 2.69. The predicted octanol–water partition coefficient (Wildman–Crippen LogP) is 2.42. The van der Waals surface area contributed by atoms with Crippen molar-refractivity contribution < 1.29 is 14.0 Å². The standard InChI is InChI=1S/C13H19BrN2O3/c1-5-16(8-11(17)15-13(2,3)4)12(18)9-6-7-10(14)19-9/h6-7H,5,8H2,1-4H3,(H,15,17). The molecular weight excluding hydrogens is 312 g/mol. The number of nitrogens with zero attached hydrogens (tertiary/aromatic N) is 1. The van der Waals surface area contributed by atoms with Crippen LogP contribution in [-0.4, -0.2) is 35.3 Å². The fourth-order valence-corrected chi connectivity index (χ4v) is 1.85. The molecule has 1 rings (SSSR count). The zero-order chi connectivity index (χ0) is 14.6. The van der Waals surface area contributed by atoms with Crippen LogP contribution in [0.25, 0.3) is 0 Å². The van der Waals surface area contributed by atoms with Crippen LogP contribution in [0, 0.1) is 0 Å². The highest BCUT2D eigenvalue weighted by molar-refractivity contribution is 9.10. The Morgan fingerprint density at radius 3 is 2.42 bits per heavy atom. The number of amides is 2. The molecule has 0 atom stereocenters. The van der Waals surface area contributed by atoms with Gasteiger partial charge < -0.3 is 14.6 Å². The van der Waals surface area contributed by atoms with Gasteiger partial charge in [0.15, 0.2) is 10.4 Å². The first-order chi connectivity index (χ1) is 8.73. The molecule has 0 aliphatic carbocycles. The minimum Gasteiger partial charge on any atom is -0.444 e. The molecule has 0 saturated heterocycles. The summed E-state index contributed by atoms with van der Waals surface area (Å²) in [6, 6.07) is 3.23. The third-order valence-corrected chi connectivity index (χ3v) is 2.73. The summed E-state index contributed by atoms with van der Waals surface area (Å²) in [5.74, 6) is -0.261. The largest absolute Gasteiger partial charge is 0.444 e. The molecule has 0 bridgehead atoms. The van der Waals surface area contributed by atoms with Crippen molar-refractivity contribution in [1.82, 2.24) is 10.2 Å². The molecule has 0 aliphatic heterocycles. The van der Waals surface area contributed by atoms with Gasteiger partial charge in [-0.2, -0.15) is 0 Å². The Kier molecular flexibility index (Phi) is 5.17. The van der Waals surface area contributed by atoms with Crippen LogP contribution in [0.15, 0.2) is 21.2 Å². The van der Waals surface area contributed by atoms with E-state index in [0.29, 0.717) is 11.2 Å². The lowest BCUT2D eigenvalue weighted by Crippen LogP contribution is -2.47. The van der Waals surface area contributed by atoms with E-state index in [9.17, 15) is 9.59 Å². The number of hydrogen-bond acceptors (Lipinski definition) is 3. The summed E-state index contributed by atoms with van der Waals surface area (Å²) in [6.45, 7) is 7.96. The van der Waals surface area contributed by atoms with Gasteiger partial charge in [-0.15, -0.1) is 0 Å². The van der Waals surface area contributed by atoms with E-state index in [1.165, 1.54) is 4.90 Å². The quantitative estimate of drug-likeness (QED) is 0.922. The number of likely N-dealkylation sites (N-methyl/N-ethyl adjacent to an activating group) is 1. The minimum absolute atomic E-state index is 0.0188. The summed E-state index contributed by atoms with van der Waals surface area (Å²) in [5.41, 5.74) is -0.312. The Hall–Kier alpha value is -1.30. The first-order valence-electron chi connectivity index (χ1n) is 6.08. The molecular formula is C13H19BrN2O3. The van der Waals surface area contributed by atoms with Crippen molar-refractivity contribution in [3.8, 4) is 0 Å². The number of rotatable bonds is 4. The van der Waals surface area contributed by atoms with Gasteiger partial charge in [0.25, 0.3) is 5.91 Å². The van der Waals surface area contributed by atoms with Crippen LogP contribution in [0.5, 0.6) is 0 Å². The second-order valence-corrected chi connectivity index (χ2v) is 6.00. The van der Waals surface area contributed by atoms with Crippen molar-refractivity contribution in [2.24, 2.45) is 0 Å². The SMILES string of the molecule is CCN(CC(=O)NC(C)(C)C)C(=O)c1ccc(Br)o1. The van der Waals surface area contributed by atoms with Gasteiger partial charge in [0.2, 0.25) is 5.91 Å². The molecule has 0 aromatic carbocycles. The second kappa shape index (κ2) is 6.23. The molecule has 1 aromatic heterocycles. The van der Waals surface area contributed by atoms with Gasteiger partial charge in [-0.1, -0.05) is 0 Å². The molecule has 1 N–H and O–H groups in total. The molecule has 0 spiro atoms. The van der Waals surface area contributed by atoms with Gasteiger partial charge in [0.1, 0.15) is 0 Å². The number of carbonyl (C=O) groups excluding carboxylic acids is 2. The Labute approximate surface area is 121 Å². The van der Waals surface area contributed by atoms with Gasteiger partial charge in [-0.05, 0) is 55.8 Å². The first kappa shape index (κ1) is 15.8. The highest BCUT2D eigenvalue weighted by Crippen LogP contribution is 2.15. The minimum atomic E-state index is -0.312. The van der Waals surface area contributed by atoms with Crippen LogP contribution < -0.4 is 5.32 Å². The molecule has 5 nitrogen and oxygen atoms in total. The number of halogens is 1. The average molecular weight is 331 g/mol. The molecule has 0 unspecified atom stereocenters. The zero-order valence-electron chi connectivity index (χ0n) is 11.6. The molecule has 1 aromatic rings. The van der Waals surface area contributed by atoms with Crippen molar-refractivity contribution in [3.63, 3.8) is 0 Å². The lowest BCUT2D eigenvalue weighted by Gasteiger charge is -2.24. The van der Waals surface area contributed by atoms with Gasteiger partial charge in [-0.3, -0.25) is 9.59 Å². The van der Waals surface area contributed by atoms with Crippen LogP contribution >= 0.6 is 15.9 Å². The van der Waals surface area contributed by atoms with Crippen LogP contribution in [0.4, 0.5) is 0 Å². The van der Waals surface area contributed by atoms with E-state index in [1.807, 2.05) is 27.7 Å². The van der Waals surface area contributed by atoms with Crippen LogP contribution in [-0.2, 0) is 4.79 Å². The zero-order valence-corrected chi connectivity index (χ0v) is 13.2. The Balaban J connectivity index is 2.68. The van der Waals surface area contributed by atoms with Crippen molar-refractivity contribution in [2.45, 2.75) is 33.2 Å². The third kappa shape index (κ3) is 5.06. The lowest BCUT2D eigenvalue weighted by atomic mass is 10.1. The van der Waals surface area contributed by atoms with E-state index in [4.69, 9.17) is 4.42 Å². The Bertz CT molecular complexity index is 463. The maximum absolute atomic E-state index is 12.1. The molecule has 106 valence electrons. The number of furan rings is 1. The summed E-state index contributed by atoms with van der Waals surface area (Å²) in [5, 5.41) is 2.82. The van der Waals surface area contributed by atoms with Crippen LogP contribution in [0.3, 0.4) is 0 Å². The molecule has 0 aliphatic rings. The number of hydrogen-bond donors (Lipinski definition) is 1. The highest BCUT2D eigenvalue weighted by Gasteiger charge is 2.22. The molecule has 0 radical (unpaired) electrons. The summed E-state index contributed by atoms with van der Waals surface area (Å²) in [4.78, 5) is 25.4. The highest BCUT2D eigenvalue weighted by atomic mass is 79.9. The van der Waals surface area contributed by atoms with E-state index in [1.54, 1.807) is 12.1 Å². The third-order valence-electron chi connectivity index (χ3n) is 2.30. The topological polar surface area (TPSA) is 62.6 Å². The van der Waals surface area contributed by atoms with Gasteiger partial charge in [0.05, 0.1) is 6.54 Å². The maximum atomic E-state index is 12.1. The predicted molar refractivity (Wildman–Crippen MR) is 75.9 cm³/mol. The summed E-state index contributed by atoms with van der Waals surface area (Å²) in [6.07, 6.45) is 0. The summed E-state index contributed by atoms with van der Waals surface area (Å²) < 4.78 is 5.70. The Morgan fingerprint density at radius 1 is 1.37 bits per heavy atom. The maximum Gasteiger partial charge on any atom is 0.290 e. The fourth-order valence-electron chi connectivity index (χ4n) is 1.54. The molecule has 1 heterocycles. The Morgan fingerprint density at radius 2 is 2.00 bits per heavy atom. The fraction of sp³-hybridized carbons (Fsp3) is 0.538. The van der Waals surface area contributed by atoms with E-state index in [-0.39, 0.29) is 29.7 Å². The van der Waals surface area contributed by atoms with Crippen molar-refractivity contribution in [3.05, 3.63) is 22.6 Å². The molecule has 0 saturated carbocycles. The normalized spacial score (nSPS) is 11.2. The summed E-state index contributed by atoms with van der Waals surface area (Å²) in [7, 11) is 0. The molecule has 19 heavy (non-hydrogen) atoms. The van der Waals surface area contributed by atoms with Crippen LogP contribution in [0.2, 0.25) is 0 Å². The van der Waals surface area contributed by atoms with E-state index >= 15 is 0 Å². The number of nitrogens with one attached hydrogen (secondary N) is 1. The van der Waals surface area contributed by atoms with Gasteiger partial charge in [0, 0.05) is 12.1 Å². The number of carbonyl (C=O) groups is 2. The van der Waals surface area contributed by atoms with E-state index in [0.717, 1.165) is 0 Å². The smallest absolute Gasteiger partial charge is 0.290 e. The van der Waals surface area contributed by atoms with Crippen molar-refractivity contribution >= 4 is 27.7 Å². The van der Waals surface area contributed by atoms with Crippen molar-refractivity contribution in [2.75, 3.05) is 13.1 Å². The van der Waals surface area contributed by atoms with Crippen LogP contribution in [0.1, 0.15) is 38.2 Å². The first-order valence-corrected chi connectivity index (χ1v) is 6.88. The molecule has 2 amide bonds. The molecule has 0 fully saturated rings. The van der Waals surface area contributed by atoms with E-state index < -0.39 is 0 Å². The lowest BCUT2D eigenvalue weighted by molar-refractivity contribution is -0.123. The van der Waals surface area contributed by atoms with Gasteiger partial charge >= 0.3 is 0 Å². The van der Waals surface area contributed by atoms with Crippen molar-refractivity contribution in [1.29, 1.82) is 0 Å². The summed E-state index contributed by atoms with van der Waals surface area (Å²) >= 11 is 3.15. The molecule has 6 heteroatoms. The van der Waals surface area contributed by atoms with E-state index in [2.05, 4.69) is 21.2 Å². The van der Waals surface area contributed by atoms with Gasteiger partial charge in [-0.25, -0.2) is 0 Å².